The molecule has 0 saturated heterocycles. The zero-order valence-corrected chi connectivity index (χ0v) is 28.2. The Morgan fingerprint density at radius 1 is 0.509 bits per heavy atom. The van der Waals surface area contributed by atoms with Crippen LogP contribution in [0.1, 0.15) is 0 Å². The maximum atomic E-state index is 6.17. The van der Waals surface area contributed by atoms with Gasteiger partial charge in [-0.1, -0.05) is 97.1 Å². The number of hydrogen-bond donors (Lipinski definition) is 1. The van der Waals surface area contributed by atoms with E-state index >= 15 is 0 Å². The molecule has 12 rings (SSSR count). The lowest BCUT2D eigenvalue weighted by atomic mass is 9.99. The average Bonchev–Trinajstić information content (AvgIpc) is 3.88. The van der Waals surface area contributed by atoms with E-state index < -0.39 is 0 Å². The van der Waals surface area contributed by atoms with E-state index in [-0.39, 0.29) is 0 Å². The number of hydrogen-bond acceptors (Lipinski definition) is 4. The fourth-order valence-electron chi connectivity index (χ4n) is 8.31. The number of imidazole rings is 1. The molecule has 0 atom stereocenters. The Bertz CT molecular complexity index is 3280. The molecular weight excluding hydrogens is 653 g/mol. The number of aromatic nitrogens is 6. The van der Waals surface area contributed by atoms with E-state index in [1.807, 2.05) is 60.7 Å². The van der Waals surface area contributed by atoms with Crippen LogP contribution in [0, 0.1) is 0 Å². The molecule has 7 nitrogen and oxygen atoms in total. The second-order valence-electron chi connectivity index (χ2n) is 13.5. The largest absolute Gasteiger partial charge is 0.456 e. The molecule has 0 unspecified atom stereocenters. The molecule has 0 radical (unpaired) electrons. The summed E-state index contributed by atoms with van der Waals surface area (Å²) in [6.07, 6.45) is 0. The lowest BCUT2D eigenvalue weighted by molar-refractivity contribution is -0.553. The highest BCUT2D eigenvalue weighted by Crippen LogP contribution is 2.45. The van der Waals surface area contributed by atoms with Gasteiger partial charge in [-0.05, 0) is 66.2 Å². The summed E-state index contributed by atoms with van der Waals surface area (Å²) < 4.78 is 10.8. The summed E-state index contributed by atoms with van der Waals surface area (Å²) in [6, 6.07) is 54.6. The second-order valence-corrected chi connectivity index (χ2v) is 13.5. The number of furan rings is 1. The first-order chi connectivity index (χ1) is 26.3. The molecule has 1 N–H and O–H groups in total. The molecule has 0 amide bonds. The second kappa shape index (κ2) is 10.6. The Labute approximate surface area is 302 Å². The van der Waals surface area contributed by atoms with Crippen molar-refractivity contribution >= 4 is 54.8 Å². The summed E-state index contributed by atoms with van der Waals surface area (Å²) in [6.45, 7) is 0. The first-order valence-electron chi connectivity index (χ1n) is 17.7. The van der Waals surface area contributed by atoms with Crippen molar-refractivity contribution in [2.24, 2.45) is 0 Å². The quantitative estimate of drug-likeness (QED) is 0.188. The van der Waals surface area contributed by atoms with Gasteiger partial charge >= 0.3 is 0 Å². The zero-order chi connectivity index (χ0) is 34.6. The molecule has 7 heteroatoms. The summed E-state index contributed by atoms with van der Waals surface area (Å²) in [5.74, 6) is 2.79. The van der Waals surface area contributed by atoms with Gasteiger partial charge in [0, 0.05) is 32.8 Å². The maximum Gasteiger partial charge on any atom is 0.292 e. The topological polar surface area (TPSA) is 76.4 Å². The molecule has 0 saturated carbocycles. The number of para-hydroxylation sites is 2. The van der Waals surface area contributed by atoms with Gasteiger partial charge < -0.3 is 4.42 Å². The number of H-pyrrole nitrogens is 1. The van der Waals surface area contributed by atoms with Crippen molar-refractivity contribution in [1.82, 2.24) is 24.5 Å². The Balaban J connectivity index is 1.19. The third kappa shape index (κ3) is 3.98. The molecule has 246 valence electrons. The predicted molar refractivity (Wildman–Crippen MR) is 210 cm³/mol. The van der Waals surface area contributed by atoms with Gasteiger partial charge in [0.2, 0.25) is 5.95 Å². The van der Waals surface area contributed by atoms with Crippen LogP contribution in [-0.4, -0.2) is 24.5 Å². The number of nitrogens with one attached hydrogen (secondary N) is 1. The lowest BCUT2D eigenvalue weighted by Gasteiger charge is -2.12. The highest BCUT2D eigenvalue weighted by Gasteiger charge is 2.33. The molecule has 0 fully saturated rings. The minimum absolute atomic E-state index is 0.557. The first kappa shape index (κ1) is 28.3. The minimum atomic E-state index is 0.557. The number of fused-ring (bicyclic) bond motifs is 6. The summed E-state index contributed by atoms with van der Waals surface area (Å²) >= 11 is 0. The summed E-state index contributed by atoms with van der Waals surface area (Å²) in [4.78, 5) is 19.4. The maximum absolute atomic E-state index is 6.17. The Hall–Kier alpha value is -7.38. The standard InChI is InChI=1S/C46H26N6O/c1-3-12-27(13-4-1)43-48-44(29-22-25-39-33(26-29)31-17-8-10-21-38(31)53-39)50-46(49-43)51-36-20-11-18-32-30-16-7-9-19-35(30)52-42-34(23-24-37(51)41(42)40(32)36)47-45(52)28-14-5-2-6-15-28/h1-26H/p+1. The SMILES string of the molecule is c1ccc(-c2nc(-c3ccc4oc5ccccc5c4c3)nc(-n3c4cccc5c4c4c3ccc3[nH]c(-c6ccccc6)[n+](c34)-c3ccccc3-5)n2)cc1. The lowest BCUT2D eigenvalue weighted by Crippen LogP contribution is -2.32. The molecule has 1 aliphatic heterocycles. The number of rotatable bonds is 4. The number of benzene rings is 7. The third-order valence-corrected chi connectivity index (χ3v) is 10.6. The van der Waals surface area contributed by atoms with Crippen molar-refractivity contribution in [3.63, 3.8) is 0 Å². The van der Waals surface area contributed by atoms with E-state index in [1.54, 1.807) is 0 Å². The van der Waals surface area contributed by atoms with E-state index in [4.69, 9.17) is 19.4 Å². The summed E-state index contributed by atoms with van der Waals surface area (Å²) in [5.41, 5.74) is 12.3. The van der Waals surface area contributed by atoms with Crippen LogP contribution in [0.4, 0.5) is 0 Å². The number of nitrogens with zero attached hydrogens (tertiary/aromatic N) is 5. The van der Waals surface area contributed by atoms with E-state index in [9.17, 15) is 0 Å². The van der Waals surface area contributed by atoms with Gasteiger partial charge in [0.05, 0.1) is 22.0 Å². The van der Waals surface area contributed by atoms with E-state index in [0.29, 0.717) is 17.6 Å². The Morgan fingerprint density at radius 3 is 2.08 bits per heavy atom. The van der Waals surface area contributed by atoms with Crippen LogP contribution in [0.5, 0.6) is 0 Å². The van der Waals surface area contributed by atoms with Crippen molar-refractivity contribution in [3.8, 4) is 56.9 Å². The average molecular weight is 680 g/mol. The van der Waals surface area contributed by atoms with E-state index in [1.165, 1.54) is 16.5 Å². The van der Waals surface area contributed by atoms with Crippen molar-refractivity contribution in [2.45, 2.75) is 0 Å². The monoisotopic (exact) mass is 679 g/mol. The van der Waals surface area contributed by atoms with Crippen LogP contribution in [0.25, 0.3) is 112 Å². The normalized spacial score (nSPS) is 12.2. The fraction of sp³-hybridized carbons (Fsp3) is 0. The van der Waals surface area contributed by atoms with E-state index in [0.717, 1.165) is 77.6 Å². The van der Waals surface area contributed by atoms with Gasteiger partial charge in [-0.2, -0.15) is 14.5 Å². The smallest absolute Gasteiger partial charge is 0.292 e. The molecule has 0 bridgehead atoms. The van der Waals surface area contributed by atoms with Crippen LogP contribution >= 0.6 is 0 Å². The molecule has 0 aliphatic carbocycles. The van der Waals surface area contributed by atoms with Gasteiger partial charge in [0.25, 0.3) is 5.82 Å². The molecule has 7 aromatic carbocycles. The van der Waals surface area contributed by atoms with Crippen LogP contribution in [-0.2, 0) is 0 Å². The van der Waals surface area contributed by atoms with Gasteiger partial charge in [-0.15, -0.1) is 0 Å². The predicted octanol–water partition coefficient (Wildman–Crippen LogP) is 10.6. The Kier molecular flexibility index (Phi) is 5.65. The van der Waals surface area contributed by atoms with E-state index in [2.05, 4.69) is 111 Å². The molecular formula is C46H27N6O+. The van der Waals surface area contributed by atoms with Gasteiger partial charge in [0.1, 0.15) is 16.9 Å². The van der Waals surface area contributed by atoms with Gasteiger partial charge in [0.15, 0.2) is 22.7 Å². The highest BCUT2D eigenvalue weighted by molar-refractivity contribution is 6.24. The minimum Gasteiger partial charge on any atom is -0.456 e. The van der Waals surface area contributed by atoms with Crippen LogP contribution in [0.2, 0.25) is 0 Å². The molecule has 0 spiro atoms. The van der Waals surface area contributed by atoms with Crippen LogP contribution in [0.15, 0.2) is 162 Å². The van der Waals surface area contributed by atoms with Crippen molar-refractivity contribution in [3.05, 3.63) is 158 Å². The fourth-order valence-corrected chi connectivity index (χ4v) is 8.31. The van der Waals surface area contributed by atoms with Crippen LogP contribution < -0.4 is 4.57 Å². The zero-order valence-electron chi connectivity index (χ0n) is 28.2. The third-order valence-electron chi connectivity index (χ3n) is 10.6. The van der Waals surface area contributed by atoms with Crippen LogP contribution in [0.3, 0.4) is 0 Å². The number of aromatic amines is 1. The van der Waals surface area contributed by atoms with Gasteiger partial charge in [-0.25, -0.2) is 9.97 Å². The highest BCUT2D eigenvalue weighted by atomic mass is 16.3. The molecule has 4 aromatic heterocycles. The van der Waals surface area contributed by atoms with Crippen molar-refractivity contribution in [2.75, 3.05) is 0 Å². The molecule has 53 heavy (non-hydrogen) atoms. The van der Waals surface area contributed by atoms with Crippen molar-refractivity contribution in [1.29, 1.82) is 0 Å². The van der Waals surface area contributed by atoms with Crippen molar-refractivity contribution < 1.29 is 8.98 Å². The first-order valence-corrected chi connectivity index (χ1v) is 17.7. The molecule has 1 aliphatic rings. The summed E-state index contributed by atoms with van der Waals surface area (Å²) in [7, 11) is 0. The summed E-state index contributed by atoms with van der Waals surface area (Å²) in [5, 5.41) is 4.40. The van der Waals surface area contributed by atoms with Gasteiger partial charge in [-0.3, -0.25) is 4.57 Å². The Morgan fingerprint density at radius 2 is 1.21 bits per heavy atom. The molecule has 5 heterocycles. The molecule has 11 aromatic rings.